The molecule has 0 radical (unpaired) electrons. The van der Waals surface area contributed by atoms with E-state index in [2.05, 4.69) is 42.6 Å². The number of rotatable bonds is 5. The third-order valence-electron chi connectivity index (χ3n) is 3.30. The van der Waals surface area contributed by atoms with Crippen molar-refractivity contribution in [3.63, 3.8) is 0 Å². The van der Waals surface area contributed by atoms with E-state index in [1.165, 1.54) is 6.07 Å². The van der Waals surface area contributed by atoms with Gasteiger partial charge < -0.3 is 9.88 Å². The van der Waals surface area contributed by atoms with Crippen molar-refractivity contribution in [2.75, 3.05) is 6.54 Å². The van der Waals surface area contributed by atoms with Crippen LogP contribution in [0.1, 0.15) is 39.6 Å². The lowest BCUT2D eigenvalue weighted by Crippen LogP contribution is -2.29. The lowest BCUT2D eigenvalue weighted by Gasteiger charge is -2.16. The molecule has 0 fully saturated rings. The van der Waals surface area contributed by atoms with Crippen molar-refractivity contribution in [2.24, 2.45) is 0 Å². The Hall–Kier alpha value is -1.42. The van der Waals surface area contributed by atoms with Crippen molar-refractivity contribution in [2.45, 2.75) is 46.2 Å². The first-order valence-electron chi connectivity index (χ1n) is 6.93. The minimum atomic E-state index is -0.241. The summed E-state index contributed by atoms with van der Waals surface area (Å²) in [5.41, 5.74) is 1.36. The summed E-state index contributed by atoms with van der Waals surface area (Å²) in [6.07, 6.45) is 0.806. The molecule has 4 heteroatoms. The summed E-state index contributed by atoms with van der Waals surface area (Å²) in [6, 6.07) is 5.76. The van der Waals surface area contributed by atoms with Crippen LogP contribution in [0.4, 0.5) is 4.39 Å². The van der Waals surface area contributed by atoms with Gasteiger partial charge >= 0.3 is 0 Å². The molecule has 1 aromatic carbocycles. The van der Waals surface area contributed by atoms with E-state index in [-0.39, 0.29) is 11.9 Å². The number of benzene rings is 1. The number of nitrogens with one attached hydrogen (secondary N) is 1. The fraction of sp³-hybridized carbons (Fsp3) is 0.533. The molecule has 0 amide bonds. The highest BCUT2D eigenvalue weighted by Crippen LogP contribution is 2.23. The summed E-state index contributed by atoms with van der Waals surface area (Å²) < 4.78 is 16.0. The Balaban J connectivity index is 2.47. The Labute approximate surface area is 113 Å². The van der Waals surface area contributed by atoms with Crippen molar-refractivity contribution >= 4 is 11.0 Å². The summed E-state index contributed by atoms with van der Waals surface area (Å²) in [6.45, 7) is 9.35. The number of nitrogens with zero attached hydrogens (tertiary/aromatic N) is 2. The molecule has 0 saturated heterocycles. The maximum absolute atomic E-state index is 13.8. The molecule has 3 nitrogen and oxygen atoms in total. The summed E-state index contributed by atoms with van der Waals surface area (Å²) in [5.74, 6) is 0.706. The molecule has 1 unspecified atom stereocenters. The Morgan fingerprint density at radius 1 is 1.32 bits per heavy atom. The fourth-order valence-electron chi connectivity index (χ4n) is 2.55. The smallest absolute Gasteiger partial charge is 0.151 e. The molecule has 0 aliphatic heterocycles. The van der Waals surface area contributed by atoms with Crippen LogP contribution >= 0.6 is 0 Å². The zero-order valence-corrected chi connectivity index (χ0v) is 12.1. The van der Waals surface area contributed by atoms with Gasteiger partial charge in [0, 0.05) is 18.5 Å². The molecule has 0 saturated carbocycles. The standard InChI is InChI=1S/C15H22FN3/c1-5-17-11(4)9-14-18-15-12(16)7-6-8-13(15)19(14)10(2)3/h6-8,10-11,17H,5,9H2,1-4H3. The SMILES string of the molecule is CCNC(C)Cc1nc2c(F)cccc2n1C(C)C. The number of hydrogen-bond donors (Lipinski definition) is 1. The van der Waals surface area contributed by atoms with Crippen molar-refractivity contribution in [1.29, 1.82) is 0 Å². The predicted molar refractivity (Wildman–Crippen MR) is 76.9 cm³/mol. The Kier molecular flexibility index (Phi) is 4.20. The molecule has 2 rings (SSSR count). The van der Waals surface area contributed by atoms with Crippen LogP contribution in [0.5, 0.6) is 0 Å². The van der Waals surface area contributed by atoms with Gasteiger partial charge in [0.1, 0.15) is 11.3 Å². The summed E-state index contributed by atoms with van der Waals surface area (Å²) in [7, 11) is 0. The van der Waals surface area contributed by atoms with Gasteiger partial charge in [-0.3, -0.25) is 0 Å². The van der Waals surface area contributed by atoms with Crippen LogP contribution in [0, 0.1) is 5.82 Å². The first-order chi connectivity index (χ1) is 9.04. The maximum Gasteiger partial charge on any atom is 0.151 e. The average Bonchev–Trinajstić information content (AvgIpc) is 2.68. The third kappa shape index (κ3) is 2.78. The highest BCUT2D eigenvalue weighted by Gasteiger charge is 2.17. The summed E-state index contributed by atoms with van der Waals surface area (Å²) >= 11 is 0. The second kappa shape index (κ2) is 5.70. The monoisotopic (exact) mass is 263 g/mol. The van der Waals surface area contributed by atoms with Crippen LogP contribution in [0.3, 0.4) is 0 Å². The van der Waals surface area contributed by atoms with Gasteiger partial charge in [-0.1, -0.05) is 13.0 Å². The van der Waals surface area contributed by atoms with Gasteiger partial charge in [0.05, 0.1) is 5.52 Å². The van der Waals surface area contributed by atoms with Gasteiger partial charge in [0.2, 0.25) is 0 Å². The molecular formula is C15H22FN3. The van der Waals surface area contributed by atoms with Crippen LogP contribution < -0.4 is 5.32 Å². The molecular weight excluding hydrogens is 241 g/mol. The van der Waals surface area contributed by atoms with Crippen molar-refractivity contribution in [1.82, 2.24) is 14.9 Å². The molecule has 0 bridgehead atoms. The molecule has 1 atom stereocenters. The zero-order chi connectivity index (χ0) is 14.0. The number of hydrogen-bond acceptors (Lipinski definition) is 2. The maximum atomic E-state index is 13.8. The number of aromatic nitrogens is 2. The van der Waals surface area contributed by atoms with Gasteiger partial charge in [-0.25, -0.2) is 9.37 Å². The molecule has 2 aromatic rings. The normalized spacial score (nSPS) is 13.4. The minimum absolute atomic E-state index is 0.241. The minimum Gasteiger partial charge on any atom is -0.325 e. The van der Waals surface area contributed by atoms with Crippen LogP contribution in [-0.4, -0.2) is 22.1 Å². The van der Waals surface area contributed by atoms with Crippen molar-refractivity contribution < 1.29 is 4.39 Å². The number of halogens is 1. The van der Waals surface area contributed by atoms with Crippen LogP contribution in [0.15, 0.2) is 18.2 Å². The molecule has 1 N–H and O–H groups in total. The van der Waals surface area contributed by atoms with E-state index in [9.17, 15) is 4.39 Å². The van der Waals surface area contributed by atoms with E-state index in [0.29, 0.717) is 11.6 Å². The summed E-state index contributed by atoms with van der Waals surface area (Å²) in [4.78, 5) is 4.50. The van der Waals surface area contributed by atoms with Gasteiger partial charge in [-0.15, -0.1) is 0 Å². The second-order valence-corrected chi connectivity index (χ2v) is 5.26. The quantitative estimate of drug-likeness (QED) is 0.897. The first-order valence-corrected chi connectivity index (χ1v) is 6.93. The highest BCUT2D eigenvalue weighted by molar-refractivity contribution is 5.76. The van der Waals surface area contributed by atoms with E-state index in [1.54, 1.807) is 6.07 Å². The topological polar surface area (TPSA) is 29.9 Å². The molecule has 19 heavy (non-hydrogen) atoms. The van der Waals surface area contributed by atoms with Crippen molar-refractivity contribution in [3.8, 4) is 0 Å². The Bertz CT molecular complexity index is 560. The van der Waals surface area contributed by atoms with Crippen LogP contribution in [0.2, 0.25) is 0 Å². The van der Waals surface area contributed by atoms with Gasteiger partial charge in [0.15, 0.2) is 5.82 Å². The lowest BCUT2D eigenvalue weighted by molar-refractivity contribution is 0.515. The molecule has 104 valence electrons. The van der Waals surface area contributed by atoms with E-state index in [4.69, 9.17) is 0 Å². The van der Waals surface area contributed by atoms with Crippen LogP contribution in [0.25, 0.3) is 11.0 Å². The van der Waals surface area contributed by atoms with E-state index in [1.807, 2.05) is 6.07 Å². The number of likely N-dealkylation sites (N-methyl/N-ethyl adjacent to an activating group) is 1. The van der Waals surface area contributed by atoms with E-state index < -0.39 is 0 Å². The third-order valence-corrected chi connectivity index (χ3v) is 3.30. The lowest BCUT2D eigenvalue weighted by atomic mass is 10.2. The number of imidazole rings is 1. The molecule has 0 aliphatic rings. The zero-order valence-electron chi connectivity index (χ0n) is 12.1. The molecule has 0 aliphatic carbocycles. The predicted octanol–water partition coefficient (Wildman–Crippen LogP) is 3.30. The van der Waals surface area contributed by atoms with Gasteiger partial charge in [-0.05, 0) is 39.4 Å². The Morgan fingerprint density at radius 3 is 2.68 bits per heavy atom. The van der Waals surface area contributed by atoms with Crippen LogP contribution in [-0.2, 0) is 6.42 Å². The average molecular weight is 263 g/mol. The Morgan fingerprint density at radius 2 is 2.05 bits per heavy atom. The molecule has 1 heterocycles. The van der Waals surface area contributed by atoms with E-state index >= 15 is 0 Å². The van der Waals surface area contributed by atoms with Gasteiger partial charge in [-0.2, -0.15) is 0 Å². The van der Waals surface area contributed by atoms with Crippen molar-refractivity contribution in [3.05, 3.63) is 29.8 Å². The number of fused-ring (bicyclic) bond motifs is 1. The first kappa shape index (κ1) is 14.0. The second-order valence-electron chi connectivity index (χ2n) is 5.26. The van der Waals surface area contributed by atoms with Gasteiger partial charge in [0.25, 0.3) is 0 Å². The van der Waals surface area contributed by atoms with E-state index in [0.717, 1.165) is 24.3 Å². The molecule has 0 spiro atoms. The highest BCUT2D eigenvalue weighted by atomic mass is 19.1. The fourth-order valence-corrected chi connectivity index (χ4v) is 2.55. The summed E-state index contributed by atoms with van der Waals surface area (Å²) in [5, 5.41) is 3.37. The largest absolute Gasteiger partial charge is 0.325 e. The molecule has 1 aromatic heterocycles. The number of para-hydroxylation sites is 1.